The minimum atomic E-state index is -4.85. The van der Waals surface area contributed by atoms with Crippen LogP contribution < -0.4 is 10.9 Å². The number of aromatic nitrogens is 1. The van der Waals surface area contributed by atoms with Gasteiger partial charge in [-0.25, -0.2) is 0 Å². The molecule has 0 aliphatic heterocycles. The molecule has 0 bridgehead atoms. The first-order valence-corrected chi connectivity index (χ1v) is 7.93. The Bertz CT molecular complexity index is 966. The third-order valence-electron chi connectivity index (χ3n) is 4.33. The molecular weight excluding hydrogens is 345 g/mol. The highest BCUT2D eigenvalue weighted by Gasteiger charge is 2.55. The minimum Gasteiger partial charge on any atom is -0.379 e. The molecule has 0 aliphatic rings. The average molecular weight is 362 g/mol. The summed E-state index contributed by atoms with van der Waals surface area (Å²) >= 11 is 0. The molecule has 3 aromatic rings. The summed E-state index contributed by atoms with van der Waals surface area (Å²) in [6.45, 7) is 0.741. The first-order chi connectivity index (χ1) is 12.2. The fraction of sp³-hybridized carbons (Fsp3) is 0.211. The zero-order valence-corrected chi connectivity index (χ0v) is 13.8. The number of hydrogen-bond acceptors (Lipinski definition) is 3. The lowest BCUT2D eigenvalue weighted by atomic mass is 9.89. The molecular formula is C19H17F3N2O2. The van der Waals surface area contributed by atoms with Gasteiger partial charge in [-0.05, 0) is 30.7 Å². The molecule has 2 aromatic carbocycles. The van der Waals surface area contributed by atoms with Crippen LogP contribution in [0.4, 0.5) is 18.9 Å². The van der Waals surface area contributed by atoms with Crippen molar-refractivity contribution in [2.75, 3.05) is 5.32 Å². The van der Waals surface area contributed by atoms with Crippen LogP contribution in [0.25, 0.3) is 10.9 Å². The van der Waals surface area contributed by atoms with Gasteiger partial charge in [0.15, 0.2) is 5.60 Å². The number of hydrogen-bond donors (Lipinski definition) is 3. The highest BCUT2D eigenvalue weighted by molar-refractivity contribution is 5.91. The summed E-state index contributed by atoms with van der Waals surface area (Å²) in [5.74, 6) is 0. The molecule has 2 atom stereocenters. The van der Waals surface area contributed by atoms with Crippen LogP contribution in [0, 0.1) is 0 Å². The molecule has 0 spiro atoms. The molecule has 0 fully saturated rings. The number of anilines is 1. The molecule has 3 N–H and O–H groups in total. The maximum Gasteiger partial charge on any atom is 0.419 e. The van der Waals surface area contributed by atoms with Gasteiger partial charge < -0.3 is 15.4 Å². The summed E-state index contributed by atoms with van der Waals surface area (Å²) in [4.78, 5) is 14.1. The molecule has 2 unspecified atom stereocenters. The quantitative estimate of drug-likeness (QED) is 0.657. The molecule has 1 heterocycles. The number of rotatable bonds is 4. The normalized spacial score (nSPS) is 15.4. The largest absolute Gasteiger partial charge is 0.419 e. The summed E-state index contributed by atoms with van der Waals surface area (Å²) in [5, 5.41) is 13.7. The van der Waals surface area contributed by atoms with E-state index in [2.05, 4.69) is 10.3 Å². The molecule has 0 radical (unpaired) electrons. The first-order valence-electron chi connectivity index (χ1n) is 7.93. The third-order valence-corrected chi connectivity index (χ3v) is 4.33. The molecule has 7 heteroatoms. The third kappa shape index (κ3) is 3.30. The van der Waals surface area contributed by atoms with Crippen molar-refractivity contribution in [3.63, 3.8) is 0 Å². The number of alkyl halides is 3. The topological polar surface area (TPSA) is 65.1 Å². The van der Waals surface area contributed by atoms with E-state index in [1.165, 1.54) is 24.3 Å². The molecule has 0 saturated carbocycles. The fourth-order valence-electron chi connectivity index (χ4n) is 2.83. The van der Waals surface area contributed by atoms with Gasteiger partial charge in [0.2, 0.25) is 5.56 Å². The number of aliphatic hydroxyl groups is 1. The molecule has 26 heavy (non-hydrogen) atoms. The Hall–Kier alpha value is -2.80. The van der Waals surface area contributed by atoms with Crippen molar-refractivity contribution < 1.29 is 18.3 Å². The van der Waals surface area contributed by atoms with E-state index in [9.17, 15) is 23.1 Å². The van der Waals surface area contributed by atoms with E-state index < -0.39 is 17.8 Å². The van der Waals surface area contributed by atoms with E-state index in [-0.39, 0.29) is 11.1 Å². The number of benzene rings is 2. The van der Waals surface area contributed by atoms with Crippen molar-refractivity contribution in [1.29, 1.82) is 0 Å². The van der Waals surface area contributed by atoms with E-state index in [0.717, 1.165) is 6.92 Å². The van der Waals surface area contributed by atoms with Gasteiger partial charge in [0.1, 0.15) is 0 Å². The lowest BCUT2D eigenvalue weighted by Crippen LogP contribution is -2.50. The minimum absolute atomic E-state index is 0.288. The summed E-state index contributed by atoms with van der Waals surface area (Å²) in [6, 6.07) is 14.2. The van der Waals surface area contributed by atoms with Gasteiger partial charge in [-0.3, -0.25) is 4.79 Å². The van der Waals surface area contributed by atoms with Gasteiger partial charge in [-0.1, -0.05) is 36.4 Å². The van der Waals surface area contributed by atoms with Gasteiger partial charge >= 0.3 is 6.18 Å². The molecule has 1 aromatic heterocycles. The second kappa shape index (κ2) is 6.49. The highest BCUT2D eigenvalue weighted by Crippen LogP contribution is 2.42. The Labute approximate surface area is 147 Å². The first kappa shape index (κ1) is 18.0. The van der Waals surface area contributed by atoms with Crippen LogP contribution in [0.1, 0.15) is 18.5 Å². The van der Waals surface area contributed by atoms with Crippen molar-refractivity contribution in [1.82, 2.24) is 4.98 Å². The number of halogens is 3. The van der Waals surface area contributed by atoms with Crippen LogP contribution in [0.15, 0.2) is 65.5 Å². The maximum absolute atomic E-state index is 13.5. The molecule has 0 saturated heterocycles. The van der Waals surface area contributed by atoms with E-state index in [0.29, 0.717) is 16.6 Å². The van der Waals surface area contributed by atoms with Crippen molar-refractivity contribution >= 4 is 16.6 Å². The lowest BCUT2D eigenvalue weighted by Gasteiger charge is -2.36. The Kier molecular flexibility index (Phi) is 4.50. The molecule has 0 amide bonds. The fourth-order valence-corrected chi connectivity index (χ4v) is 2.83. The number of H-pyrrole nitrogens is 1. The van der Waals surface area contributed by atoms with Crippen molar-refractivity contribution in [3.8, 4) is 0 Å². The van der Waals surface area contributed by atoms with Crippen LogP contribution in [0.2, 0.25) is 0 Å². The van der Waals surface area contributed by atoms with Crippen molar-refractivity contribution in [2.45, 2.75) is 24.7 Å². The molecule has 0 aliphatic carbocycles. The molecule has 3 rings (SSSR count). The second-order valence-electron chi connectivity index (χ2n) is 6.22. The van der Waals surface area contributed by atoms with Crippen molar-refractivity contribution in [3.05, 3.63) is 76.6 Å². The van der Waals surface area contributed by atoms with Crippen LogP contribution in [-0.4, -0.2) is 21.9 Å². The SMILES string of the molecule is CC(O)(C(Nc1cccc2[nH]c(=O)ccc12)c1ccccc1)C(F)(F)F. The highest BCUT2D eigenvalue weighted by atomic mass is 19.4. The zero-order valence-electron chi connectivity index (χ0n) is 13.8. The van der Waals surface area contributed by atoms with Gasteiger partial charge in [-0.15, -0.1) is 0 Å². The van der Waals surface area contributed by atoms with E-state index >= 15 is 0 Å². The molecule has 4 nitrogen and oxygen atoms in total. The van der Waals surface area contributed by atoms with E-state index in [4.69, 9.17) is 0 Å². The monoisotopic (exact) mass is 362 g/mol. The van der Waals surface area contributed by atoms with E-state index in [1.807, 2.05) is 0 Å². The number of pyridine rings is 1. The van der Waals surface area contributed by atoms with Gasteiger partial charge in [0, 0.05) is 17.1 Å². The maximum atomic E-state index is 13.5. The van der Waals surface area contributed by atoms with E-state index in [1.54, 1.807) is 36.4 Å². The summed E-state index contributed by atoms with van der Waals surface area (Å²) in [5.41, 5.74) is -2.18. The van der Waals surface area contributed by atoms with Gasteiger partial charge in [0.25, 0.3) is 0 Å². The van der Waals surface area contributed by atoms with Crippen LogP contribution in [0.3, 0.4) is 0 Å². The van der Waals surface area contributed by atoms with Crippen LogP contribution >= 0.6 is 0 Å². The van der Waals surface area contributed by atoms with Crippen LogP contribution in [-0.2, 0) is 0 Å². The summed E-state index contributed by atoms with van der Waals surface area (Å²) in [7, 11) is 0. The predicted molar refractivity (Wildman–Crippen MR) is 94.1 cm³/mol. The zero-order chi connectivity index (χ0) is 18.9. The Morgan fingerprint density at radius 1 is 1.00 bits per heavy atom. The Morgan fingerprint density at radius 2 is 1.69 bits per heavy atom. The standard InChI is InChI=1S/C19H17F3N2O2/c1-18(26,19(20,21)22)17(12-6-3-2-4-7-12)24-15-9-5-8-14-13(15)10-11-16(25)23-14/h2-11,17,24,26H,1H3,(H,23,25). The second-order valence-corrected chi connectivity index (χ2v) is 6.22. The lowest BCUT2D eigenvalue weighted by molar-refractivity contribution is -0.259. The number of nitrogens with one attached hydrogen (secondary N) is 2. The van der Waals surface area contributed by atoms with Gasteiger partial charge in [0.05, 0.1) is 11.6 Å². The summed E-state index contributed by atoms with van der Waals surface area (Å²) in [6.07, 6.45) is -4.85. The summed E-state index contributed by atoms with van der Waals surface area (Å²) < 4.78 is 40.5. The van der Waals surface area contributed by atoms with Crippen molar-refractivity contribution in [2.24, 2.45) is 0 Å². The Balaban J connectivity index is 2.12. The van der Waals surface area contributed by atoms with Crippen LogP contribution in [0.5, 0.6) is 0 Å². The van der Waals surface area contributed by atoms with Gasteiger partial charge in [-0.2, -0.15) is 13.2 Å². The number of fused-ring (bicyclic) bond motifs is 1. The Morgan fingerprint density at radius 3 is 2.35 bits per heavy atom. The smallest absolute Gasteiger partial charge is 0.379 e. The molecule has 136 valence electrons. The average Bonchev–Trinajstić information content (AvgIpc) is 2.59. The number of aromatic amines is 1. The predicted octanol–water partition coefficient (Wildman–Crippen LogP) is 3.99.